The third-order valence-corrected chi connectivity index (χ3v) is 3.36. The molecule has 0 aliphatic heterocycles. The van der Waals surface area contributed by atoms with E-state index in [0.717, 1.165) is 11.1 Å². The molecule has 3 nitrogen and oxygen atoms in total. The van der Waals surface area contributed by atoms with Gasteiger partial charge in [-0.05, 0) is 23.3 Å². The van der Waals surface area contributed by atoms with Crippen LogP contribution in [0.3, 0.4) is 0 Å². The predicted molar refractivity (Wildman–Crippen MR) is 80.9 cm³/mol. The molecule has 4 heteroatoms. The predicted octanol–water partition coefficient (Wildman–Crippen LogP) is 2.87. The molecule has 0 aliphatic rings. The average Bonchev–Trinajstić information content (AvgIpc) is 2.48. The largest absolute Gasteiger partial charge is 0.341 e. The second kappa shape index (κ2) is 6.99. The Morgan fingerprint density at radius 2 is 1.90 bits per heavy atom. The highest BCUT2D eigenvalue weighted by Gasteiger charge is 2.15. The summed E-state index contributed by atoms with van der Waals surface area (Å²) in [5.74, 6) is -0.357. The van der Waals surface area contributed by atoms with Crippen molar-refractivity contribution in [3.8, 4) is 0 Å². The molecular weight excluding hydrogens is 267 g/mol. The van der Waals surface area contributed by atoms with Crippen molar-refractivity contribution in [2.75, 3.05) is 7.05 Å². The van der Waals surface area contributed by atoms with Gasteiger partial charge in [-0.15, -0.1) is 0 Å². The molecule has 21 heavy (non-hydrogen) atoms. The first-order chi connectivity index (χ1) is 10.1. The lowest BCUT2D eigenvalue weighted by molar-refractivity contribution is -0.130. The van der Waals surface area contributed by atoms with Crippen molar-refractivity contribution in [2.24, 2.45) is 5.73 Å². The number of benzene rings is 2. The van der Waals surface area contributed by atoms with E-state index in [1.54, 1.807) is 24.1 Å². The molecule has 2 N–H and O–H groups in total. The van der Waals surface area contributed by atoms with Gasteiger partial charge in [0.25, 0.3) is 0 Å². The highest BCUT2D eigenvalue weighted by Crippen LogP contribution is 2.15. The molecule has 0 spiro atoms. The van der Waals surface area contributed by atoms with Crippen LogP contribution in [0.1, 0.15) is 23.6 Å². The molecule has 0 aliphatic carbocycles. The second-order valence-corrected chi connectivity index (χ2v) is 5.10. The molecule has 0 bridgehead atoms. The van der Waals surface area contributed by atoms with Crippen LogP contribution >= 0.6 is 0 Å². The molecule has 2 aromatic rings. The number of nitrogens with two attached hydrogens (primary N) is 1. The van der Waals surface area contributed by atoms with Gasteiger partial charge in [-0.2, -0.15) is 0 Å². The van der Waals surface area contributed by atoms with Gasteiger partial charge in [-0.1, -0.05) is 42.5 Å². The van der Waals surface area contributed by atoms with Gasteiger partial charge in [0.05, 0.1) is 0 Å². The summed E-state index contributed by atoms with van der Waals surface area (Å²) in [6, 6.07) is 15.4. The molecule has 0 saturated carbocycles. The topological polar surface area (TPSA) is 46.3 Å². The fourth-order valence-electron chi connectivity index (χ4n) is 2.16. The van der Waals surface area contributed by atoms with Gasteiger partial charge in [-0.25, -0.2) is 4.39 Å². The Bertz CT molecular complexity index is 601. The summed E-state index contributed by atoms with van der Waals surface area (Å²) in [5.41, 5.74) is 7.74. The second-order valence-electron chi connectivity index (χ2n) is 5.10. The summed E-state index contributed by atoms with van der Waals surface area (Å²) in [7, 11) is 1.70. The van der Waals surface area contributed by atoms with Crippen LogP contribution in [-0.2, 0) is 11.3 Å². The summed E-state index contributed by atoms with van der Waals surface area (Å²) in [6.45, 7) is 0.373. The molecule has 1 unspecified atom stereocenters. The first-order valence-corrected chi connectivity index (χ1v) is 6.85. The quantitative estimate of drug-likeness (QED) is 0.918. The van der Waals surface area contributed by atoms with E-state index >= 15 is 0 Å². The summed E-state index contributed by atoms with van der Waals surface area (Å²) < 4.78 is 13.1. The summed E-state index contributed by atoms with van der Waals surface area (Å²) in [5, 5.41) is 0. The minimum Gasteiger partial charge on any atom is -0.341 e. The highest BCUT2D eigenvalue weighted by atomic mass is 19.1. The van der Waals surface area contributed by atoms with Crippen LogP contribution < -0.4 is 5.73 Å². The molecule has 0 aromatic heterocycles. The minimum atomic E-state index is -0.325. The monoisotopic (exact) mass is 286 g/mol. The van der Waals surface area contributed by atoms with Crippen molar-refractivity contribution in [3.63, 3.8) is 0 Å². The number of halogens is 1. The first-order valence-electron chi connectivity index (χ1n) is 6.85. The van der Waals surface area contributed by atoms with Gasteiger partial charge in [0.2, 0.25) is 5.91 Å². The highest BCUT2D eigenvalue weighted by molar-refractivity contribution is 5.76. The smallest absolute Gasteiger partial charge is 0.224 e. The number of rotatable bonds is 5. The van der Waals surface area contributed by atoms with Crippen LogP contribution in [0.15, 0.2) is 54.6 Å². The van der Waals surface area contributed by atoms with Crippen molar-refractivity contribution < 1.29 is 9.18 Å². The van der Waals surface area contributed by atoms with Gasteiger partial charge in [0.1, 0.15) is 5.82 Å². The third kappa shape index (κ3) is 4.39. The SMILES string of the molecule is CN(Cc1cccc(F)c1)C(=O)CC(N)c1ccccc1. The fraction of sp³-hybridized carbons (Fsp3) is 0.235. The van der Waals surface area contributed by atoms with E-state index in [1.807, 2.05) is 30.3 Å². The Morgan fingerprint density at radius 3 is 2.57 bits per heavy atom. The molecule has 2 aromatic carbocycles. The number of amides is 1. The maximum atomic E-state index is 13.1. The summed E-state index contributed by atoms with van der Waals surface area (Å²) in [6.07, 6.45) is 0.232. The Kier molecular flexibility index (Phi) is 5.06. The lowest BCUT2D eigenvalue weighted by Gasteiger charge is -2.20. The van der Waals surface area contributed by atoms with Crippen molar-refractivity contribution in [3.05, 3.63) is 71.5 Å². The van der Waals surface area contributed by atoms with Gasteiger partial charge in [-0.3, -0.25) is 4.79 Å². The molecule has 2 rings (SSSR count). The zero-order valence-electron chi connectivity index (χ0n) is 12.0. The van der Waals surface area contributed by atoms with Crippen molar-refractivity contribution in [1.29, 1.82) is 0 Å². The number of hydrogen-bond donors (Lipinski definition) is 1. The van der Waals surface area contributed by atoms with Crippen LogP contribution in [0.2, 0.25) is 0 Å². The first kappa shape index (κ1) is 15.2. The number of hydrogen-bond acceptors (Lipinski definition) is 2. The average molecular weight is 286 g/mol. The van der Waals surface area contributed by atoms with E-state index < -0.39 is 0 Å². The molecule has 0 saturated heterocycles. The molecule has 0 fully saturated rings. The zero-order valence-corrected chi connectivity index (χ0v) is 12.0. The Hall–Kier alpha value is -2.20. The lowest BCUT2D eigenvalue weighted by atomic mass is 10.0. The van der Waals surface area contributed by atoms with Gasteiger partial charge in [0, 0.05) is 26.1 Å². The Morgan fingerprint density at radius 1 is 1.19 bits per heavy atom. The van der Waals surface area contributed by atoms with E-state index in [4.69, 9.17) is 5.73 Å². The van der Waals surface area contributed by atoms with Gasteiger partial charge < -0.3 is 10.6 Å². The lowest BCUT2D eigenvalue weighted by Crippen LogP contribution is -2.29. The molecule has 1 amide bonds. The van der Waals surface area contributed by atoms with Crippen molar-refractivity contribution >= 4 is 5.91 Å². The van der Waals surface area contributed by atoms with E-state index in [0.29, 0.717) is 6.54 Å². The van der Waals surface area contributed by atoms with Crippen LogP contribution in [-0.4, -0.2) is 17.9 Å². The molecular formula is C17H19FN2O. The third-order valence-electron chi connectivity index (χ3n) is 3.36. The Balaban J connectivity index is 1.94. The number of carbonyl (C=O) groups excluding carboxylic acids is 1. The van der Waals surface area contributed by atoms with E-state index in [-0.39, 0.29) is 24.2 Å². The Labute approximate surface area is 124 Å². The van der Waals surface area contributed by atoms with Crippen LogP contribution in [0.5, 0.6) is 0 Å². The minimum absolute atomic E-state index is 0.0596. The van der Waals surface area contributed by atoms with Crippen LogP contribution in [0.4, 0.5) is 4.39 Å². The van der Waals surface area contributed by atoms with Gasteiger partial charge >= 0.3 is 0 Å². The number of nitrogens with zero attached hydrogens (tertiary/aromatic N) is 1. The van der Waals surface area contributed by atoms with E-state index in [2.05, 4.69) is 0 Å². The molecule has 0 radical (unpaired) electrons. The maximum absolute atomic E-state index is 13.1. The van der Waals surface area contributed by atoms with Gasteiger partial charge in [0.15, 0.2) is 0 Å². The molecule has 110 valence electrons. The van der Waals surface area contributed by atoms with Crippen LogP contribution in [0, 0.1) is 5.82 Å². The van der Waals surface area contributed by atoms with Crippen molar-refractivity contribution in [2.45, 2.75) is 19.0 Å². The van der Waals surface area contributed by atoms with Crippen LogP contribution in [0.25, 0.3) is 0 Å². The standard InChI is InChI=1S/C17H19FN2O/c1-20(12-13-6-5-9-15(18)10-13)17(21)11-16(19)14-7-3-2-4-8-14/h2-10,16H,11-12,19H2,1H3. The number of carbonyl (C=O) groups is 1. The van der Waals surface area contributed by atoms with E-state index in [1.165, 1.54) is 12.1 Å². The maximum Gasteiger partial charge on any atom is 0.224 e. The zero-order chi connectivity index (χ0) is 15.2. The fourth-order valence-corrected chi connectivity index (χ4v) is 2.16. The van der Waals surface area contributed by atoms with Crippen molar-refractivity contribution in [1.82, 2.24) is 4.90 Å². The molecule has 1 atom stereocenters. The normalized spacial score (nSPS) is 12.0. The van der Waals surface area contributed by atoms with E-state index in [9.17, 15) is 9.18 Å². The summed E-state index contributed by atoms with van der Waals surface area (Å²) >= 11 is 0. The summed E-state index contributed by atoms with van der Waals surface area (Å²) in [4.78, 5) is 13.7. The molecule has 0 heterocycles.